The quantitative estimate of drug-likeness (QED) is 0.566. The summed E-state index contributed by atoms with van der Waals surface area (Å²) in [7, 11) is 0. The molecule has 26 heavy (non-hydrogen) atoms. The minimum atomic E-state index is -0.286. The molecule has 6 nitrogen and oxygen atoms in total. The van der Waals surface area contributed by atoms with Crippen LogP contribution in [-0.2, 0) is 16.1 Å². The summed E-state index contributed by atoms with van der Waals surface area (Å²) in [5.74, 6) is -0.548. The molecule has 140 valence electrons. The Bertz CT molecular complexity index is 769. The second-order valence-corrected chi connectivity index (χ2v) is 6.42. The van der Waals surface area contributed by atoms with Crippen LogP contribution in [0.3, 0.4) is 0 Å². The molecule has 0 aliphatic heterocycles. The van der Waals surface area contributed by atoms with Crippen LogP contribution in [0, 0.1) is 13.8 Å². The first-order chi connectivity index (χ1) is 12.4. The lowest BCUT2D eigenvalue weighted by Crippen LogP contribution is -2.25. The summed E-state index contributed by atoms with van der Waals surface area (Å²) in [6.45, 7) is 6.77. The summed E-state index contributed by atoms with van der Waals surface area (Å²) < 4.78 is 6.47. The Labute approximate surface area is 158 Å². The van der Waals surface area contributed by atoms with Crippen LogP contribution in [0.15, 0.2) is 24.3 Å². The molecule has 2 aromatic rings. The van der Waals surface area contributed by atoms with Gasteiger partial charge in [-0.2, -0.15) is 5.10 Å². The number of nitrogens with one attached hydrogen (secondary N) is 1. The predicted molar refractivity (Wildman–Crippen MR) is 100 cm³/mol. The number of ether oxygens (including phenoxy) is 1. The molecule has 0 radical (unpaired) electrons. The molecular weight excluding hydrogens is 354 g/mol. The third-order valence-corrected chi connectivity index (χ3v) is 4.28. The maximum Gasteiger partial charge on any atom is 0.305 e. The molecule has 1 amide bonds. The lowest BCUT2D eigenvalue weighted by Gasteiger charge is -2.06. The summed E-state index contributed by atoms with van der Waals surface area (Å²) in [5.41, 5.74) is 3.18. The number of amides is 1. The van der Waals surface area contributed by atoms with Crippen LogP contribution in [0.5, 0.6) is 0 Å². The number of hydrogen-bond acceptors (Lipinski definition) is 4. The van der Waals surface area contributed by atoms with Gasteiger partial charge in [-0.05, 0) is 32.8 Å². The normalized spacial score (nSPS) is 10.6. The maximum absolute atomic E-state index is 12.4. The van der Waals surface area contributed by atoms with Crippen molar-refractivity contribution in [3.8, 4) is 0 Å². The Kier molecular flexibility index (Phi) is 7.21. The number of esters is 1. The number of carbonyl (C=O) groups is 2. The van der Waals surface area contributed by atoms with Gasteiger partial charge in [-0.15, -0.1) is 0 Å². The monoisotopic (exact) mass is 377 g/mol. The van der Waals surface area contributed by atoms with Gasteiger partial charge in [-0.3, -0.25) is 9.59 Å². The topological polar surface area (TPSA) is 73.2 Å². The van der Waals surface area contributed by atoms with E-state index in [0.717, 1.165) is 5.56 Å². The number of carbonyl (C=O) groups excluding carboxylic acids is 2. The fourth-order valence-electron chi connectivity index (χ4n) is 2.54. The molecule has 0 spiro atoms. The van der Waals surface area contributed by atoms with E-state index in [1.165, 1.54) is 5.56 Å². The third kappa shape index (κ3) is 5.33. The van der Waals surface area contributed by atoms with Crippen molar-refractivity contribution >= 4 is 23.5 Å². The van der Waals surface area contributed by atoms with Crippen molar-refractivity contribution in [3.63, 3.8) is 0 Å². The van der Waals surface area contributed by atoms with Gasteiger partial charge in [0.1, 0.15) is 5.15 Å². The molecule has 1 aromatic carbocycles. The highest BCUT2D eigenvalue weighted by Gasteiger charge is 2.20. The van der Waals surface area contributed by atoms with E-state index < -0.39 is 0 Å². The number of rotatable bonds is 8. The molecule has 0 aliphatic carbocycles. The van der Waals surface area contributed by atoms with Gasteiger partial charge in [0.15, 0.2) is 0 Å². The number of aryl methyl sites for hydroxylation is 2. The number of benzene rings is 1. The van der Waals surface area contributed by atoms with E-state index in [1.807, 2.05) is 31.2 Å². The first-order valence-electron chi connectivity index (χ1n) is 8.64. The second-order valence-electron chi connectivity index (χ2n) is 6.06. The van der Waals surface area contributed by atoms with E-state index in [9.17, 15) is 9.59 Å². The Hall–Kier alpha value is -2.34. The van der Waals surface area contributed by atoms with E-state index in [0.29, 0.717) is 42.5 Å². The molecule has 1 N–H and O–H groups in total. The molecule has 0 bridgehead atoms. The Morgan fingerprint density at radius 3 is 2.58 bits per heavy atom. The zero-order chi connectivity index (χ0) is 19.1. The molecule has 0 aliphatic rings. The average molecular weight is 378 g/mol. The van der Waals surface area contributed by atoms with Gasteiger partial charge in [0.2, 0.25) is 0 Å². The fraction of sp³-hybridized carbons (Fsp3) is 0.421. The van der Waals surface area contributed by atoms with Crippen molar-refractivity contribution in [1.82, 2.24) is 15.1 Å². The van der Waals surface area contributed by atoms with E-state index in [-0.39, 0.29) is 18.3 Å². The van der Waals surface area contributed by atoms with Crippen molar-refractivity contribution in [1.29, 1.82) is 0 Å². The van der Waals surface area contributed by atoms with Crippen molar-refractivity contribution < 1.29 is 14.3 Å². The van der Waals surface area contributed by atoms with Crippen molar-refractivity contribution in [2.24, 2.45) is 0 Å². The van der Waals surface area contributed by atoms with E-state index in [1.54, 1.807) is 18.5 Å². The molecule has 0 saturated carbocycles. The van der Waals surface area contributed by atoms with Crippen molar-refractivity contribution in [3.05, 3.63) is 51.8 Å². The van der Waals surface area contributed by atoms with Crippen LogP contribution >= 0.6 is 11.6 Å². The SMILES string of the molecule is CCOC(=O)CCCNC(=O)c1c(C)nn(Cc2ccc(C)cc2)c1Cl. The maximum atomic E-state index is 12.4. The summed E-state index contributed by atoms with van der Waals surface area (Å²) >= 11 is 6.38. The van der Waals surface area contributed by atoms with Gasteiger partial charge in [0, 0.05) is 13.0 Å². The smallest absolute Gasteiger partial charge is 0.305 e. The van der Waals surface area contributed by atoms with Crippen molar-refractivity contribution in [2.45, 2.75) is 40.2 Å². The Morgan fingerprint density at radius 2 is 1.92 bits per heavy atom. The first kappa shape index (κ1) is 20.0. The molecule has 0 unspecified atom stereocenters. The minimum Gasteiger partial charge on any atom is -0.466 e. The number of hydrogen-bond donors (Lipinski definition) is 1. The van der Waals surface area contributed by atoms with Crippen molar-refractivity contribution in [2.75, 3.05) is 13.2 Å². The van der Waals surface area contributed by atoms with Gasteiger partial charge in [0.05, 0.1) is 24.4 Å². The highest BCUT2D eigenvalue weighted by Crippen LogP contribution is 2.21. The molecular formula is C19H24ClN3O3. The predicted octanol–water partition coefficient (Wildman–Crippen LogP) is 3.27. The first-order valence-corrected chi connectivity index (χ1v) is 9.02. The lowest BCUT2D eigenvalue weighted by molar-refractivity contribution is -0.143. The fourth-order valence-corrected chi connectivity index (χ4v) is 2.86. The zero-order valence-corrected chi connectivity index (χ0v) is 16.1. The van der Waals surface area contributed by atoms with Crippen LogP contribution < -0.4 is 5.32 Å². The average Bonchev–Trinajstić information content (AvgIpc) is 2.87. The Balaban J connectivity index is 1.96. The van der Waals surface area contributed by atoms with Gasteiger partial charge < -0.3 is 10.1 Å². The van der Waals surface area contributed by atoms with Crippen LogP contribution in [0.4, 0.5) is 0 Å². The van der Waals surface area contributed by atoms with Crippen LogP contribution in [0.1, 0.15) is 46.9 Å². The third-order valence-electron chi connectivity index (χ3n) is 3.89. The summed E-state index contributed by atoms with van der Waals surface area (Å²) in [4.78, 5) is 23.7. The van der Waals surface area contributed by atoms with Gasteiger partial charge >= 0.3 is 5.97 Å². The molecule has 1 aromatic heterocycles. The van der Waals surface area contributed by atoms with Crippen LogP contribution in [0.25, 0.3) is 0 Å². The summed E-state index contributed by atoms with van der Waals surface area (Å²) in [5, 5.41) is 7.47. The summed E-state index contributed by atoms with van der Waals surface area (Å²) in [6, 6.07) is 8.07. The standard InChI is InChI=1S/C19H24ClN3O3/c1-4-26-16(24)6-5-11-21-19(25)17-14(3)22-23(18(17)20)12-15-9-7-13(2)8-10-15/h7-10H,4-6,11-12H2,1-3H3,(H,21,25). The number of nitrogens with zero attached hydrogens (tertiary/aromatic N) is 2. The molecule has 2 rings (SSSR count). The largest absolute Gasteiger partial charge is 0.466 e. The van der Waals surface area contributed by atoms with Crippen LogP contribution in [-0.4, -0.2) is 34.8 Å². The van der Waals surface area contributed by atoms with Gasteiger partial charge in [0.25, 0.3) is 5.91 Å². The zero-order valence-electron chi connectivity index (χ0n) is 15.3. The molecule has 0 saturated heterocycles. The van der Waals surface area contributed by atoms with Gasteiger partial charge in [-0.1, -0.05) is 41.4 Å². The highest BCUT2D eigenvalue weighted by molar-refractivity contribution is 6.33. The Morgan fingerprint density at radius 1 is 1.23 bits per heavy atom. The lowest BCUT2D eigenvalue weighted by atomic mass is 10.1. The van der Waals surface area contributed by atoms with Crippen LogP contribution in [0.2, 0.25) is 5.15 Å². The van der Waals surface area contributed by atoms with E-state index in [4.69, 9.17) is 16.3 Å². The summed E-state index contributed by atoms with van der Waals surface area (Å²) in [6.07, 6.45) is 0.784. The molecule has 7 heteroatoms. The van der Waals surface area contributed by atoms with E-state index >= 15 is 0 Å². The number of halogens is 1. The minimum absolute atomic E-state index is 0.262. The second kappa shape index (κ2) is 9.38. The molecule has 0 fully saturated rings. The van der Waals surface area contributed by atoms with Gasteiger partial charge in [-0.25, -0.2) is 4.68 Å². The molecule has 0 atom stereocenters. The van der Waals surface area contributed by atoms with E-state index in [2.05, 4.69) is 10.4 Å². The highest BCUT2D eigenvalue weighted by atomic mass is 35.5. The molecule has 1 heterocycles. The number of aromatic nitrogens is 2.